The van der Waals surface area contributed by atoms with Gasteiger partial charge in [0.25, 0.3) is 0 Å². The van der Waals surface area contributed by atoms with Gasteiger partial charge >= 0.3 is 0 Å². The van der Waals surface area contributed by atoms with Crippen molar-refractivity contribution in [1.29, 1.82) is 0 Å². The lowest BCUT2D eigenvalue weighted by Crippen LogP contribution is -2.51. The highest BCUT2D eigenvalue weighted by molar-refractivity contribution is 6.41. The summed E-state index contributed by atoms with van der Waals surface area (Å²) < 4.78 is 0. The van der Waals surface area contributed by atoms with E-state index in [1.54, 1.807) is 5.57 Å². The van der Waals surface area contributed by atoms with Gasteiger partial charge in [-0.2, -0.15) is 0 Å². The van der Waals surface area contributed by atoms with Gasteiger partial charge in [0.2, 0.25) is 0 Å². The predicted octanol–water partition coefficient (Wildman–Crippen LogP) is 5.61. The minimum absolute atomic E-state index is 0.121. The Morgan fingerprint density at radius 3 is 2.67 bits per heavy atom. The van der Waals surface area contributed by atoms with E-state index in [1.165, 1.54) is 32.1 Å². The zero-order valence-electron chi connectivity index (χ0n) is 19.5. The van der Waals surface area contributed by atoms with Crippen LogP contribution in [0.2, 0.25) is 0 Å². The number of aliphatic imine (C=N–C) groups is 1. The molecule has 0 aromatic heterocycles. The van der Waals surface area contributed by atoms with Crippen LogP contribution >= 0.6 is 0 Å². The molecule has 1 N–H and O–H groups in total. The first-order chi connectivity index (χ1) is 14.2. The van der Waals surface area contributed by atoms with Crippen LogP contribution in [-0.2, 0) is 4.79 Å². The number of ketones is 1. The summed E-state index contributed by atoms with van der Waals surface area (Å²) >= 11 is 0. The molecule has 1 aliphatic heterocycles. The van der Waals surface area contributed by atoms with Gasteiger partial charge in [0.15, 0.2) is 5.78 Å². The number of allylic oxidation sites excluding steroid dienone is 1. The number of Topliss-reactive ketones (excluding diaryl/α,β-unsaturated/α-hetero) is 1. The second-order valence-corrected chi connectivity index (χ2v) is 12.1. The molecule has 0 unspecified atom stereocenters. The summed E-state index contributed by atoms with van der Waals surface area (Å²) in [5, 5.41) is 10.2. The number of hydrogen-bond donors (Lipinski definition) is 1. The maximum absolute atomic E-state index is 13.3. The van der Waals surface area contributed by atoms with E-state index in [0.29, 0.717) is 28.4 Å². The van der Waals surface area contributed by atoms with Crippen molar-refractivity contribution in [3.05, 3.63) is 11.6 Å². The van der Waals surface area contributed by atoms with E-state index >= 15 is 0 Å². The fourth-order valence-corrected chi connectivity index (χ4v) is 8.85. The molecule has 0 saturated heterocycles. The van der Waals surface area contributed by atoms with Crippen molar-refractivity contribution in [3.63, 3.8) is 0 Å². The minimum Gasteiger partial charge on any atom is -0.393 e. The van der Waals surface area contributed by atoms with Gasteiger partial charge in [-0.05, 0) is 98.2 Å². The van der Waals surface area contributed by atoms with Crippen molar-refractivity contribution in [2.24, 2.45) is 51.3 Å². The van der Waals surface area contributed by atoms with Crippen molar-refractivity contribution in [2.75, 3.05) is 6.54 Å². The van der Waals surface area contributed by atoms with Gasteiger partial charge in [0.1, 0.15) is 0 Å². The molecule has 0 amide bonds. The highest BCUT2D eigenvalue weighted by Crippen LogP contribution is 2.67. The van der Waals surface area contributed by atoms with Crippen molar-refractivity contribution in [2.45, 2.75) is 91.6 Å². The average molecular weight is 412 g/mol. The van der Waals surface area contributed by atoms with Gasteiger partial charge in [-0.3, -0.25) is 9.79 Å². The Balaban J connectivity index is 1.37. The standard InChI is InChI=1S/C27H41NO2/c1-16-13-24(28-15-16)25(30)17(2)21-7-8-22-20-6-5-18-14-19(29)9-11-26(18,3)23(20)10-12-27(21,22)4/h5,16-17,19-23,29H,6-15H2,1-4H3/t16-,17+,19+,20-,21-,22-,23+,26+,27-/m1/s1. The van der Waals surface area contributed by atoms with Crippen LogP contribution in [0.15, 0.2) is 16.6 Å². The highest BCUT2D eigenvalue weighted by atomic mass is 16.3. The van der Waals surface area contributed by atoms with E-state index in [0.717, 1.165) is 55.7 Å². The SMILES string of the molecule is C[C@H]1CN=C(C(=O)[C@@H](C)[C@H]2CC[C@@H]3[C@H]4CC=C5C[C@@H](O)CC[C@]5(C)[C@H]4CC[C@@]32C)C1. The Hall–Kier alpha value is -0.960. The molecule has 4 aliphatic carbocycles. The van der Waals surface area contributed by atoms with Gasteiger partial charge in [-0.25, -0.2) is 0 Å². The number of carbonyl (C=O) groups is 1. The molecule has 5 aliphatic rings. The van der Waals surface area contributed by atoms with Gasteiger partial charge in [0.05, 0.1) is 11.8 Å². The molecule has 30 heavy (non-hydrogen) atoms. The quantitative estimate of drug-likeness (QED) is 0.613. The summed E-state index contributed by atoms with van der Waals surface area (Å²) in [6.45, 7) is 10.3. The molecule has 0 bridgehead atoms. The van der Waals surface area contributed by atoms with Crippen LogP contribution in [0.25, 0.3) is 0 Å². The summed E-state index contributed by atoms with van der Waals surface area (Å²) in [7, 11) is 0. The van der Waals surface area contributed by atoms with Crippen LogP contribution < -0.4 is 0 Å². The zero-order chi connectivity index (χ0) is 21.3. The fraction of sp³-hybridized carbons (Fsp3) is 0.852. The average Bonchev–Trinajstić information content (AvgIpc) is 3.30. The van der Waals surface area contributed by atoms with Gasteiger partial charge in [-0.1, -0.05) is 39.3 Å². The Morgan fingerprint density at radius 2 is 1.93 bits per heavy atom. The van der Waals surface area contributed by atoms with E-state index in [1.807, 2.05) is 0 Å². The van der Waals surface area contributed by atoms with Gasteiger partial charge in [-0.15, -0.1) is 0 Å². The third kappa shape index (κ3) is 3.01. The Morgan fingerprint density at radius 1 is 1.13 bits per heavy atom. The zero-order valence-corrected chi connectivity index (χ0v) is 19.5. The number of hydrogen-bond acceptors (Lipinski definition) is 3. The maximum atomic E-state index is 13.3. The smallest absolute Gasteiger partial charge is 0.179 e. The van der Waals surface area contributed by atoms with Crippen molar-refractivity contribution < 1.29 is 9.90 Å². The largest absolute Gasteiger partial charge is 0.393 e. The van der Waals surface area contributed by atoms with Crippen molar-refractivity contribution in [3.8, 4) is 0 Å². The molecule has 0 aromatic rings. The molecule has 3 heteroatoms. The second-order valence-electron chi connectivity index (χ2n) is 12.1. The predicted molar refractivity (Wildman–Crippen MR) is 121 cm³/mol. The molecule has 9 atom stereocenters. The fourth-order valence-electron chi connectivity index (χ4n) is 8.85. The molecule has 166 valence electrons. The number of aliphatic hydroxyl groups excluding tert-OH is 1. The van der Waals surface area contributed by atoms with Crippen molar-refractivity contribution in [1.82, 2.24) is 0 Å². The second kappa shape index (κ2) is 7.29. The van der Waals surface area contributed by atoms with Crippen LogP contribution in [0.1, 0.15) is 85.5 Å². The molecule has 3 nitrogen and oxygen atoms in total. The molecule has 0 radical (unpaired) electrons. The molecule has 3 fully saturated rings. The number of aliphatic hydroxyl groups is 1. The minimum atomic E-state index is -0.126. The molecule has 3 saturated carbocycles. The number of fused-ring (bicyclic) bond motifs is 5. The number of carbonyl (C=O) groups excluding carboxylic acids is 1. The molecule has 1 heterocycles. The highest BCUT2D eigenvalue weighted by Gasteiger charge is 2.59. The van der Waals surface area contributed by atoms with Crippen LogP contribution in [-0.4, -0.2) is 29.3 Å². The summed E-state index contributed by atoms with van der Waals surface area (Å²) in [5.74, 6) is 3.82. The van der Waals surface area contributed by atoms with E-state index in [-0.39, 0.29) is 12.0 Å². The van der Waals surface area contributed by atoms with Gasteiger partial charge in [0, 0.05) is 12.5 Å². The third-order valence-electron chi connectivity index (χ3n) is 10.6. The first kappa shape index (κ1) is 20.9. The molecule has 0 spiro atoms. The molecule has 0 aromatic carbocycles. The van der Waals surface area contributed by atoms with Crippen LogP contribution in [0.3, 0.4) is 0 Å². The lowest BCUT2D eigenvalue weighted by atomic mass is 9.47. The summed E-state index contributed by atoms with van der Waals surface area (Å²) in [6.07, 6.45) is 12.6. The molecule has 5 rings (SSSR count). The summed E-state index contributed by atoms with van der Waals surface area (Å²) in [5.41, 5.74) is 3.04. The number of nitrogens with zero attached hydrogens (tertiary/aromatic N) is 1. The van der Waals surface area contributed by atoms with E-state index in [2.05, 4.69) is 38.8 Å². The summed E-state index contributed by atoms with van der Waals surface area (Å²) in [6, 6.07) is 0. The summed E-state index contributed by atoms with van der Waals surface area (Å²) in [4.78, 5) is 17.9. The monoisotopic (exact) mass is 411 g/mol. The molecular formula is C27H41NO2. The van der Waals surface area contributed by atoms with E-state index in [9.17, 15) is 9.90 Å². The van der Waals surface area contributed by atoms with Crippen molar-refractivity contribution >= 4 is 11.5 Å². The normalized spacial score (nSPS) is 48.8. The third-order valence-corrected chi connectivity index (χ3v) is 10.6. The van der Waals surface area contributed by atoms with Gasteiger partial charge < -0.3 is 5.11 Å². The van der Waals surface area contributed by atoms with Crippen LogP contribution in [0, 0.1) is 46.3 Å². The van der Waals surface area contributed by atoms with E-state index in [4.69, 9.17) is 0 Å². The van der Waals surface area contributed by atoms with Crippen LogP contribution in [0.5, 0.6) is 0 Å². The Labute approximate surface area is 182 Å². The Kier molecular flexibility index (Phi) is 5.08. The number of rotatable bonds is 3. The maximum Gasteiger partial charge on any atom is 0.179 e. The first-order valence-corrected chi connectivity index (χ1v) is 12.7. The first-order valence-electron chi connectivity index (χ1n) is 12.7. The Bertz CT molecular complexity index is 784. The lowest BCUT2D eigenvalue weighted by Gasteiger charge is -2.58. The topological polar surface area (TPSA) is 49.7 Å². The lowest BCUT2D eigenvalue weighted by molar-refractivity contribution is -0.120. The van der Waals surface area contributed by atoms with Crippen LogP contribution in [0.4, 0.5) is 0 Å². The molecular weight excluding hydrogens is 370 g/mol. The van der Waals surface area contributed by atoms with E-state index < -0.39 is 0 Å².